The highest BCUT2D eigenvalue weighted by molar-refractivity contribution is 5.24. The van der Waals surface area contributed by atoms with Crippen LogP contribution in [0.5, 0.6) is 0 Å². The first-order chi connectivity index (χ1) is 8.20. The van der Waals surface area contributed by atoms with Gasteiger partial charge in [-0.3, -0.25) is 0 Å². The first-order valence-corrected chi connectivity index (χ1v) is 7.03. The summed E-state index contributed by atoms with van der Waals surface area (Å²) in [6, 6.07) is 9.84. The lowest BCUT2D eigenvalue weighted by Gasteiger charge is -2.08. The summed E-state index contributed by atoms with van der Waals surface area (Å²) >= 11 is 0. The molecule has 0 heterocycles. The smallest absolute Gasteiger partial charge is 0.0208 e. The molecule has 0 spiro atoms. The van der Waals surface area contributed by atoms with Crippen LogP contribution in [0.2, 0.25) is 0 Å². The normalized spacial score (nSPS) is 23.1. The van der Waals surface area contributed by atoms with E-state index >= 15 is 0 Å². The minimum Gasteiger partial charge on any atom is -0.310 e. The van der Waals surface area contributed by atoms with Gasteiger partial charge in [0.1, 0.15) is 0 Å². The average Bonchev–Trinajstić information content (AvgIpc) is 3.06. The van der Waals surface area contributed by atoms with Gasteiger partial charge in [0.2, 0.25) is 0 Å². The van der Waals surface area contributed by atoms with E-state index in [0.29, 0.717) is 5.92 Å². The highest BCUT2D eigenvalue weighted by Gasteiger charge is 2.35. The van der Waals surface area contributed by atoms with Crippen molar-refractivity contribution >= 4 is 0 Å². The van der Waals surface area contributed by atoms with Crippen molar-refractivity contribution in [3.05, 3.63) is 35.4 Å². The number of nitrogens with one attached hydrogen (secondary N) is 1. The quantitative estimate of drug-likeness (QED) is 0.777. The first-order valence-electron chi connectivity index (χ1n) is 7.03. The molecule has 0 amide bonds. The van der Waals surface area contributed by atoms with E-state index in [4.69, 9.17) is 0 Å². The fourth-order valence-corrected chi connectivity index (χ4v) is 2.46. The highest BCUT2D eigenvalue weighted by Crippen LogP contribution is 2.34. The maximum atomic E-state index is 3.66. The van der Waals surface area contributed by atoms with Crippen molar-refractivity contribution in [3.63, 3.8) is 0 Å². The van der Waals surface area contributed by atoms with Crippen molar-refractivity contribution in [3.8, 4) is 0 Å². The molecule has 1 heteroatoms. The molecule has 1 aliphatic carbocycles. The van der Waals surface area contributed by atoms with Gasteiger partial charge in [-0.1, -0.05) is 51.5 Å². The van der Waals surface area contributed by atoms with Gasteiger partial charge < -0.3 is 5.32 Å². The van der Waals surface area contributed by atoms with Crippen molar-refractivity contribution in [1.82, 2.24) is 5.32 Å². The summed E-state index contributed by atoms with van der Waals surface area (Å²) in [5, 5.41) is 3.66. The molecular weight excluding hydrogens is 206 g/mol. The second-order valence-electron chi connectivity index (χ2n) is 5.67. The van der Waals surface area contributed by atoms with Crippen molar-refractivity contribution < 1.29 is 0 Å². The number of rotatable bonds is 6. The maximum absolute atomic E-state index is 3.66. The Bertz CT molecular complexity index is 339. The zero-order valence-corrected chi connectivity index (χ0v) is 11.4. The zero-order valence-electron chi connectivity index (χ0n) is 11.4. The third-order valence-electron chi connectivity index (χ3n) is 3.80. The molecule has 0 bridgehead atoms. The fourth-order valence-electron chi connectivity index (χ4n) is 2.46. The van der Waals surface area contributed by atoms with E-state index in [1.54, 1.807) is 0 Å². The van der Waals surface area contributed by atoms with Crippen LogP contribution < -0.4 is 5.32 Å². The van der Waals surface area contributed by atoms with Crippen molar-refractivity contribution in [2.75, 3.05) is 0 Å². The zero-order chi connectivity index (χ0) is 12.3. The van der Waals surface area contributed by atoms with E-state index in [-0.39, 0.29) is 0 Å². The van der Waals surface area contributed by atoms with Crippen molar-refractivity contribution in [2.45, 2.75) is 58.5 Å². The van der Waals surface area contributed by atoms with Gasteiger partial charge in [0.15, 0.2) is 0 Å². The first kappa shape index (κ1) is 12.6. The molecular formula is C16H25N. The lowest BCUT2D eigenvalue weighted by atomic mass is 10.0. The Morgan fingerprint density at radius 3 is 2.53 bits per heavy atom. The molecule has 0 saturated heterocycles. The monoisotopic (exact) mass is 231 g/mol. The van der Waals surface area contributed by atoms with E-state index in [2.05, 4.69) is 50.4 Å². The molecule has 1 nitrogen and oxygen atoms in total. The van der Waals surface area contributed by atoms with Crippen LogP contribution in [0.15, 0.2) is 24.3 Å². The van der Waals surface area contributed by atoms with Crippen LogP contribution in [0.25, 0.3) is 0 Å². The molecule has 1 saturated carbocycles. The van der Waals surface area contributed by atoms with Crippen molar-refractivity contribution in [1.29, 1.82) is 0 Å². The summed E-state index contributed by atoms with van der Waals surface area (Å²) in [7, 11) is 0. The minimum absolute atomic E-state index is 0.634. The molecule has 2 rings (SSSR count). The van der Waals surface area contributed by atoms with Gasteiger partial charge in [-0.15, -0.1) is 0 Å². The molecule has 2 unspecified atom stereocenters. The number of hydrogen-bond acceptors (Lipinski definition) is 1. The summed E-state index contributed by atoms with van der Waals surface area (Å²) in [6.07, 6.45) is 4.10. The average molecular weight is 231 g/mol. The van der Waals surface area contributed by atoms with Crippen LogP contribution in [0.3, 0.4) is 0 Å². The molecule has 1 aliphatic rings. The van der Waals surface area contributed by atoms with E-state index in [0.717, 1.165) is 18.5 Å². The second-order valence-corrected chi connectivity index (χ2v) is 5.67. The summed E-state index contributed by atoms with van der Waals surface area (Å²) in [6.45, 7) is 7.79. The van der Waals surface area contributed by atoms with E-state index in [9.17, 15) is 0 Å². The predicted molar refractivity (Wildman–Crippen MR) is 74.2 cm³/mol. The fraction of sp³-hybridized carbons (Fsp3) is 0.625. The molecule has 0 aromatic heterocycles. The van der Waals surface area contributed by atoms with Gasteiger partial charge in [0.25, 0.3) is 0 Å². The van der Waals surface area contributed by atoms with Gasteiger partial charge in [-0.2, -0.15) is 0 Å². The molecule has 2 atom stereocenters. The van der Waals surface area contributed by atoms with Gasteiger partial charge in [-0.25, -0.2) is 0 Å². The van der Waals surface area contributed by atoms with E-state index in [1.807, 2.05) is 0 Å². The predicted octanol–water partition coefficient (Wildman–Crippen LogP) is 4.09. The summed E-state index contributed by atoms with van der Waals surface area (Å²) < 4.78 is 0. The maximum Gasteiger partial charge on any atom is 0.0208 e. The van der Waals surface area contributed by atoms with Crippen LogP contribution in [-0.4, -0.2) is 6.04 Å². The third kappa shape index (κ3) is 3.57. The van der Waals surface area contributed by atoms with E-state index in [1.165, 1.54) is 30.4 Å². The molecule has 0 aliphatic heterocycles. The van der Waals surface area contributed by atoms with Crippen LogP contribution in [0.1, 0.15) is 57.1 Å². The Morgan fingerprint density at radius 2 is 1.94 bits per heavy atom. The second kappa shape index (κ2) is 5.68. The Morgan fingerprint density at radius 1 is 1.24 bits per heavy atom. The lowest BCUT2D eigenvalue weighted by Crippen LogP contribution is -2.17. The third-order valence-corrected chi connectivity index (χ3v) is 3.80. The standard InChI is InChI=1S/C16H25N/c1-4-5-15-10-16(15)17-11-13-6-8-14(9-7-13)12(2)3/h6-9,12,15-17H,4-5,10-11H2,1-3H3. The highest BCUT2D eigenvalue weighted by atomic mass is 15.0. The number of hydrogen-bond donors (Lipinski definition) is 1. The number of benzene rings is 1. The van der Waals surface area contributed by atoms with Crippen molar-refractivity contribution in [2.24, 2.45) is 5.92 Å². The molecule has 1 fully saturated rings. The SMILES string of the molecule is CCCC1CC1NCc1ccc(C(C)C)cc1. The Kier molecular flexibility index (Phi) is 4.22. The largest absolute Gasteiger partial charge is 0.310 e. The van der Waals surface area contributed by atoms with Crippen LogP contribution in [0, 0.1) is 5.92 Å². The van der Waals surface area contributed by atoms with Crippen LogP contribution in [0.4, 0.5) is 0 Å². The van der Waals surface area contributed by atoms with Crippen LogP contribution >= 0.6 is 0 Å². The van der Waals surface area contributed by atoms with Gasteiger partial charge in [0, 0.05) is 12.6 Å². The Hall–Kier alpha value is -0.820. The minimum atomic E-state index is 0.634. The topological polar surface area (TPSA) is 12.0 Å². The lowest BCUT2D eigenvalue weighted by molar-refractivity contribution is 0.599. The van der Waals surface area contributed by atoms with Gasteiger partial charge in [0.05, 0.1) is 0 Å². The summed E-state index contributed by atoms with van der Waals surface area (Å²) in [4.78, 5) is 0. The Labute approximate surface area is 106 Å². The molecule has 17 heavy (non-hydrogen) atoms. The summed E-state index contributed by atoms with van der Waals surface area (Å²) in [5.41, 5.74) is 2.85. The molecule has 1 aromatic carbocycles. The summed E-state index contributed by atoms with van der Waals surface area (Å²) in [5.74, 6) is 1.59. The molecule has 0 radical (unpaired) electrons. The Balaban J connectivity index is 1.76. The van der Waals surface area contributed by atoms with Gasteiger partial charge >= 0.3 is 0 Å². The van der Waals surface area contributed by atoms with Gasteiger partial charge in [-0.05, 0) is 35.8 Å². The molecule has 1 aromatic rings. The van der Waals surface area contributed by atoms with E-state index < -0.39 is 0 Å². The van der Waals surface area contributed by atoms with Crippen LogP contribution in [-0.2, 0) is 6.54 Å². The molecule has 1 N–H and O–H groups in total. The molecule has 94 valence electrons.